The molecule has 12 heavy (non-hydrogen) atoms. The van der Waals surface area contributed by atoms with Crippen LogP contribution in [0.25, 0.3) is 0 Å². The van der Waals surface area contributed by atoms with E-state index < -0.39 is 0 Å². The molecule has 1 saturated carbocycles. The molecule has 0 unspecified atom stereocenters. The van der Waals surface area contributed by atoms with Crippen LogP contribution in [0.3, 0.4) is 0 Å². The Labute approximate surface area is 75.6 Å². The Morgan fingerprint density at radius 3 is 2.42 bits per heavy atom. The molecule has 0 saturated heterocycles. The first-order chi connectivity index (χ1) is 5.74. The summed E-state index contributed by atoms with van der Waals surface area (Å²) in [7, 11) is 0. The Morgan fingerprint density at radius 2 is 2.08 bits per heavy atom. The van der Waals surface area contributed by atoms with E-state index in [1.54, 1.807) is 0 Å². The van der Waals surface area contributed by atoms with E-state index in [0.717, 1.165) is 12.5 Å². The molecular weight excluding hydrogens is 150 g/mol. The zero-order valence-electron chi connectivity index (χ0n) is 8.29. The molecule has 72 valence electrons. The van der Waals surface area contributed by atoms with Crippen LogP contribution in [0.4, 0.5) is 0 Å². The van der Waals surface area contributed by atoms with Crippen molar-refractivity contribution in [3.8, 4) is 0 Å². The average molecular weight is 171 g/mol. The van der Waals surface area contributed by atoms with E-state index in [9.17, 15) is 0 Å². The van der Waals surface area contributed by atoms with Gasteiger partial charge in [0.25, 0.3) is 0 Å². The maximum Gasteiger partial charge on any atom is 0.0558 e. The molecule has 0 aromatic rings. The third-order valence-corrected chi connectivity index (χ3v) is 2.83. The van der Waals surface area contributed by atoms with Crippen LogP contribution < -0.4 is 0 Å². The van der Waals surface area contributed by atoms with Crippen molar-refractivity contribution >= 4 is 0 Å². The molecule has 0 aromatic heterocycles. The van der Waals surface area contributed by atoms with Crippen molar-refractivity contribution in [3.05, 3.63) is 0 Å². The summed E-state index contributed by atoms with van der Waals surface area (Å²) in [6.45, 7) is 6.74. The van der Waals surface area contributed by atoms with Crippen LogP contribution in [0, 0.1) is 5.92 Å². The number of nitrogens with zero attached hydrogens (tertiary/aromatic N) is 1. The number of aliphatic hydroxyl groups excluding tert-OH is 1. The molecular formula is C10H21NO. The maximum atomic E-state index is 8.85. The molecule has 1 fully saturated rings. The van der Waals surface area contributed by atoms with Crippen molar-refractivity contribution in [1.82, 2.24) is 4.90 Å². The summed E-state index contributed by atoms with van der Waals surface area (Å²) >= 11 is 0. The fourth-order valence-corrected chi connectivity index (χ4v) is 1.70. The first kappa shape index (κ1) is 10.0. The summed E-state index contributed by atoms with van der Waals surface area (Å²) < 4.78 is 0. The molecule has 1 aliphatic rings. The van der Waals surface area contributed by atoms with Crippen LogP contribution in [0.5, 0.6) is 0 Å². The Kier molecular flexibility index (Phi) is 4.02. The quantitative estimate of drug-likeness (QED) is 0.677. The minimum atomic E-state index is 0.297. The van der Waals surface area contributed by atoms with Crippen LogP contribution in [0.1, 0.15) is 33.1 Å². The van der Waals surface area contributed by atoms with Gasteiger partial charge in [0.15, 0.2) is 0 Å². The molecule has 0 aliphatic heterocycles. The lowest BCUT2D eigenvalue weighted by atomic mass is 9.85. The summed E-state index contributed by atoms with van der Waals surface area (Å²) in [5, 5.41) is 8.85. The van der Waals surface area contributed by atoms with E-state index in [4.69, 9.17) is 5.11 Å². The normalized spacial score (nSPS) is 18.8. The predicted octanol–water partition coefficient (Wildman–Crippen LogP) is 1.49. The highest BCUT2D eigenvalue weighted by Gasteiger charge is 2.21. The molecule has 1 N–H and O–H groups in total. The standard InChI is InChI=1S/C10H21NO/c1-9(2)11(6-7-12)8-10-4-3-5-10/h9-10,12H,3-8H2,1-2H3. The number of hydrogen-bond acceptors (Lipinski definition) is 2. The zero-order chi connectivity index (χ0) is 8.97. The number of aliphatic hydroxyl groups is 1. The van der Waals surface area contributed by atoms with Gasteiger partial charge in [0, 0.05) is 19.1 Å². The van der Waals surface area contributed by atoms with Crippen molar-refractivity contribution in [2.45, 2.75) is 39.2 Å². The molecule has 2 nitrogen and oxygen atoms in total. The van der Waals surface area contributed by atoms with Gasteiger partial charge in [-0.3, -0.25) is 4.90 Å². The van der Waals surface area contributed by atoms with Crippen molar-refractivity contribution in [1.29, 1.82) is 0 Å². The number of rotatable bonds is 5. The van der Waals surface area contributed by atoms with E-state index in [0.29, 0.717) is 12.6 Å². The van der Waals surface area contributed by atoms with Crippen LogP contribution in [0.15, 0.2) is 0 Å². The second-order valence-electron chi connectivity index (χ2n) is 4.11. The highest BCUT2D eigenvalue weighted by Crippen LogP contribution is 2.27. The van der Waals surface area contributed by atoms with E-state index >= 15 is 0 Å². The average Bonchev–Trinajstić information content (AvgIpc) is 1.93. The van der Waals surface area contributed by atoms with Gasteiger partial charge in [-0.25, -0.2) is 0 Å². The smallest absolute Gasteiger partial charge is 0.0558 e. The van der Waals surface area contributed by atoms with Crippen molar-refractivity contribution in [2.24, 2.45) is 5.92 Å². The van der Waals surface area contributed by atoms with Gasteiger partial charge in [0.2, 0.25) is 0 Å². The van der Waals surface area contributed by atoms with Gasteiger partial charge < -0.3 is 5.11 Å². The largest absolute Gasteiger partial charge is 0.395 e. The second kappa shape index (κ2) is 4.83. The lowest BCUT2D eigenvalue weighted by molar-refractivity contribution is 0.120. The predicted molar refractivity (Wildman–Crippen MR) is 51.1 cm³/mol. The molecule has 0 amide bonds. The summed E-state index contributed by atoms with van der Waals surface area (Å²) in [5.74, 6) is 0.916. The first-order valence-corrected chi connectivity index (χ1v) is 5.09. The Hall–Kier alpha value is -0.0800. The minimum absolute atomic E-state index is 0.297. The highest BCUT2D eigenvalue weighted by atomic mass is 16.3. The second-order valence-corrected chi connectivity index (χ2v) is 4.11. The van der Waals surface area contributed by atoms with Crippen molar-refractivity contribution in [2.75, 3.05) is 19.7 Å². The minimum Gasteiger partial charge on any atom is -0.395 e. The molecule has 0 aromatic carbocycles. The highest BCUT2D eigenvalue weighted by molar-refractivity contribution is 4.75. The summed E-state index contributed by atoms with van der Waals surface area (Å²) in [5.41, 5.74) is 0. The molecule has 1 aliphatic carbocycles. The van der Waals surface area contributed by atoms with Crippen LogP contribution in [0.2, 0.25) is 0 Å². The number of hydrogen-bond donors (Lipinski definition) is 1. The van der Waals surface area contributed by atoms with Gasteiger partial charge >= 0.3 is 0 Å². The fourth-order valence-electron chi connectivity index (χ4n) is 1.70. The Morgan fingerprint density at radius 1 is 1.42 bits per heavy atom. The molecule has 0 atom stereocenters. The lowest BCUT2D eigenvalue weighted by Crippen LogP contribution is -2.39. The van der Waals surface area contributed by atoms with E-state index in [1.165, 1.54) is 25.8 Å². The van der Waals surface area contributed by atoms with Gasteiger partial charge in [-0.1, -0.05) is 6.42 Å². The van der Waals surface area contributed by atoms with Crippen LogP contribution in [-0.2, 0) is 0 Å². The first-order valence-electron chi connectivity index (χ1n) is 5.09. The molecule has 0 spiro atoms. The third kappa shape index (κ3) is 2.76. The van der Waals surface area contributed by atoms with Gasteiger partial charge in [-0.2, -0.15) is 0 Å². The van der Waals surface area contributed by atoms with Crippen molar-refractivity contribution in [3.63, 3.8) is 0 Å². The topological polar surface area (TPSA) is 23.5 Å². The van der Waals surface area contributed by atoms with E-state index in [1.807, 2.05) is 0 Å². The Bertz CT molecular complexity index is 121. The van der Waals surface area contributed by atoms with Crippen LogP contribution >= 0.6 is 0 Å². The summed E-state index contributed by atoms with van der Waals surface area (Å²) in [4.78, 5) is 2.38. The van der Waals surface area contributed by atoms with Crippen molar-refractivity contribution < 1.29 is 5.11 Å². The fraction of sp³-hybridized carbons (Fsp3) is 1.00. The van der Waals surface area contributed by atoms with Gasteiger partial charge in [0.1, 0.15) is 0 Å². The summed E-state index contributed by atoms with van der Waals surface area (Å²) in [6, 6.07) is 0.581. The van der Waals surface area contributed by atoms with E-state index in [2.05, 4.69) is 18.7 Å². The van der Waals surface area contributed by atoms with Gasteiger partial charge in [-0.15, -0.1) is 0 Å². The molecule has 0 heterocycles. The van der Waals surface area contributed by atoms with Gasteiger partial charge in [-0.05, 0) is 32.6 Å². The zero-order valence-corrected chi connectivity index (χ0v) is 8.29. The van der Waals surface area contributed by atoms with Gasteiger partial charge in [0.05, 0.1) is 6.61 Å². The van der Waals surface area contributed by atoms with E-state index in [-0.39, 0.29) is 0 Å². The molecule has 2 heteroatoms. The SMILES string of the molecule is CC(C)N(CCO)CC1CCC1. The Balaban J connectivity index is 2.21. The monoisotopic (exact) mass is 171 g/mol. The summed E-state index contributed by atoms with van der Waals surface area (Å²) in [6.07, 6.45) is 4.21. The molecule has 1 rings (SSSR count). The maximum absolute atomic E-state index is 8.85. The molecule has 0 bridgehead atoms. The molecule has 0 radical (unpaired) electrons. The third-order valence-electron chi connectivity index (χ3n) is 2.83. The lowest BCUT2D eigenvalue weighted by Gasteiger charge is -2.34. The van der Waals surface area contributed by atoms with Crippen LogP contribution in [-0.4, -0.2) is 35.7 Å².